The Hall–Kier alpha value is -2.01. The number of fused-ring (bicyclic) bond motifs is 1. The van der Waals surface area contributed by atoms with Gasteiger partial charge in [0.05, 0.1) is 15.7 Å². The third-order valence-electron chi connectivity index (χ3n) is 2.78. The minimum atomic E-state index is 0.728. The number of aryl methyl sites for hydroxylation is 1. The second-order valence-electron chi connectivity index (χ2n) is 4.17. The van der Waals surface area contributed by atoms with Crippen molar-refractivity contribution >= 4 is 38.3 Å². The van der Waals surface area contributed by atoms with Crippen molar-refractivity contribution < 1.29 is 0 Å². The average molecular weight is 315 g/mol. The topological polar surface area (TPSA) is 50.7 Å². The second kappa shape index (κ2) is 4.93. The van der Waals surface area contributed by atoms with E-state index in [-0.39, 0.29) is 0 Å². The maximum absolute atomic E-state index is 4.58. The summed E-state index contributed by atoms with van der Waals surface area (Å²) >= 11 is 3.42. The lowest BCUT2D eigenvalue weighted by atomic mass is 10.1. The highest BCUT2D eigenvalue weighted by atomic mass is 79.9. The Kier molecular flexibility index (Phi) is 3.13. The number of nitrogens with zero attached hydrogens (tertiary/aromatic N) is 3. The molecule has 94 valence electrons. The van der Waals surface area contributed by atoms with Crippen LogP contribution in [0.15, 0.2) is 47.3 Å². The maximum atomic E-state index is 4.58. The number of aromatic nitrogens is 3. The molecule has 19 heavy (non-hydrogen) atoms. The van der Waals surface area contributed by atoms with Crippen molar-refractivity contribution in [3.8, 4) is 0 Å². The number of para-hydroxylation sites is 1. The molecule has 4 nitrogen and oxygen atoms in total. The van der Waals surface area contributed by atoms with Gasteiger partial charge in [0.2, 0.25) is 0 Å². The van der Waals surface area contributed by atoms with Crippen molar-refractivity contribution in [3.63, 3.8) is 0 Å². The third kappa shape index (κ3) is 2.42. The lowest BCUT2D eigenvalue weighted by Gasteiger charge is -2.09. The first-order valence-electron chi connectivity index (χ1n) is 5.83. The predicted molar refractivity (Wildman–Crippen MR) is 79.5 cm³/mol. The van der Waals surface area contributed by atoms with E-state index in [0.29, 0.717) is 0 Å². The Morgan fingerprint density at radius 3 is 2.89 bits per heavy atom. The van der Waals surface area contributed by atoms with Gasteiger partial charge in [0.1, 0.15) is 12.1 Å². The first-order valence-corrected chi connectivity index (χ1v) is 6.62. The van der Waals surface area contributed by atoms with Crippen LogP contribution in [0.3, 0.4) is 0 Å². The predicted octanol–water partition coefficient (Wildman–Crippen LogP) is 3.84. The van der Waals surface area contributed by atoms with Crippen LogP contribution in [0.2, 0.25) is 0 Å². The van der Waals surface area contributed by atoms with E-state index in [4.69, 9.17) is 0 Å². The lowest BCUT2D eigenvalue weighted by molar-refractivity contribution is 1.15. The Morgan fingerprint density at radius 1 is 1.16 bits per heavy atom. The molecule has 1 N–H and O–H groups in total. The van der Waals surface area contributed by atoms with Crippen LogP contribution in [-0.4, -0.2) is 15.0 Å². The number of pyridine rings is 1. The number of anilines is 2. The molecular formula is C14H11BrN4. The van der Waals surface area contributed by atoms with Crippen LogP contribution in [-0.2, 0) is 0 Å². The largest absolute Gasteiger partial charge is 0.337 e. The van der Waals surface area contributed by atoms with Crippen molar-refractivity contribution in [2.75, 3.05) is 5.32 Å². The minimum absolute atomic E-state index is 0.728. The van der Waals surface area contributed by atoms with Crippen LogP contribution in [0.25, 0.3) is 10.9 Å². The monoisotopic (exact) mass is 314 g/mol. The van der Waals surface area contributed by atoms with Crippen molar-refractivity contribution in [3.05, 3.63) is 53.0 Å². The van der Waals surface area contributed by atoms with E-state index in [2.05, 4.69) is 42.3 Å². The van der Waals surface area contributed by atoms with E-state index in [1.54, 1.807) is 6.20 Å². The molecule has 0 aliphatic carbocycles. The molecule has 0 saturated carbocycles. The molecule has 0 fully saturated rings. The Morgan fingerprint density at radius 2 is 2.05 bits per heavy atom. The first kappa shape index (κ1) is 12.0. The third-order valence-corrected chi connectivity index (χ3v) is 3.36. The molecule has 0 aliphatic heterocycles. The van der Waals surface area contributed by atoms with Gasteiger partial charge in [0.25, 0.3) is 0 Å². The Bertz CT molecular complexity index is 742. The van der Waals surface area contributed by atoms with Gasteiger partial charge in [0.15, 0.2) is 0 Å². The van der Waals surface area contributed by atoms with Crippen molar-refractivity contribution in [1.29, 1.82) is 0 Å². The van der Waals surface area contributed by atoms with Crippen LogP contribution in [0.1, 0.15) is 5.69 Å². The summed E-state index contributed by atoms with van der Waals surface area (Å²) in [5, 5.41) is 4.38. The minimum Gasteiger partial charge on any atom is -0.337 e. The quantitative estimate of drug-likeness (QED) is 0.780. The smallest absolute Gasteiger partial charge is 0.148 e. The van der Waals surface area contributed by atoms with E-state index in [0.717, 1.165) is 32.6 Å². The Balaban J connectivity index is 2.10. The standard InChI is InChI=1S/C14H11BrN4/c1-9-5-6-10-3-2-4-12(13(10)18-9)19-14-11(15)7-16-8-17-14/h2-8H,1H3,(H,16,17,19). The molecule has 3 rings (SSSR count). The summed E-state index contributed by atoms with van der Waals surface area (Å²) in [4.78, 5) is 12.7. The molecule has 0 unspecified atom stereocenters. The van der Waals surface area contributed by atoms with Crippen molar-refractivity contribution in [2.24, 2.45) is 0 Å². The molecule has 5 heteroatoms. The lowest BCUT2D eigenvalue weighted by Crippen LogP contribution is -1.97. The van der Waals surface area contributed by atoms with Gasteiger partial charge in [-0.3, -0.25) is 4.98 Å². The number of nitrogens with one attached hydrogen (secondary N) is 1. The molecule has 2 aromatic heterocycles. The van der Waals surface area contributed by atoms with Crippen LogP contribution < -0.4 is 5.32 Å². The van der Waals surface area contributed by atoms with E-state index in [9.17, 15) is 0 Å². The fourth-order valence-corrected chi connectivity index (χ4v) is 2.20. The van der Waals surface area contributed by atoms with Crippen LogP contribution in [0, 0.1) is 6.92 Å². The van der Waals surface area contributed by atoms with E-state index in [1.807, 2.05) is 31.2 Å². The highest BCUT2D eigenvalue weighted by Crippen LogP contribution is 2.27. The van der Waals surface area contributed by atoms with Gasteiger partial charge in [0, 0.05) is 17.3 Å². The van der Waals surface area contributed by atoms with Crippen LogP contribution >= 0.6 is 15.9 Å². The highest BCUT2D eigenvalue weighted by Gasteiger charge is 2.06. The number of benzene rings is 1. The molecule has 0 saturated heterocycles. The summed E-state index contributed by atoms with van der Waals surface area (Å²) in [6.45, 7) is 1.98. The Labute approximate surface area is 119 Å². The molecule has 0 bridgehead atoms. The normalized spacial score (nSPS) is 10.6. The molecule has 2 heterocycles. The number of halogens is 1. The SMILES string of the molecule is Cc1ccc2cccc(Nc3ncncc3Br)c2n1. The number of hydrogen-bond donors (Lipinski definition) is 1. The fraction of sp³-hybridized carbons (Fsp3) is 0.0714. The molecule has 0 amide bonds. The van der Waals surface area contributed by atoms with E-state index in [1.165, 1.54) is 6.33 Å². The summed E-state index contributed by atoms with van der Waals surface area (Å²) < 4.78 is 0.819. The maximum Gasteiger partial charge on any atom is 0.148 e. The molecule has 1 aromatic carbocycles. The molecule has 0 atom stereocenters. The second-order valence-corrected chi connectivity index (χ2v) is 5.03. The highest BCUT2D eigenvalue weighted by molar-refractivity contribution is 9.10. The van der Waals surface area contributed by atoms with Gasteiger partial charge >= 0.3 is 0 Å². The van der Waals surface area contributed by atoms with E-state index >= 15 is 0 Å². The van der Waals surface area contributed by atoms with Gasteiger partial charge in [-0.1, -0.05) is 18.2 Å². The zero-order valence-electron chi connectivity index (χ0n) is 10.3. The van der Waals surface area contributed by atoms with Crippen LogP contribution in [0.4, 0.5) is 11.5 Å². The number of hydrogen-bond acceptors (Lipinski definition) is 4. The fourth-order valence-electron chi connectivity index (χ4n) is 1.88. The van der Waals surface area contributed by atoms with Gasteiger partial charge in [-0.05, 0) is 35.0 Å². The first-order chi connectivity index (χ1) is 9.24. The van der Waals surface area contributed by atoms with Gasteiger partial charge < -0.3 is 5.32 Å². The molecule has 3 aromatic rings. The van der Waals surface area contributed by atoms with Crippen LogP contribution in [0.5, 0.6) is 0 Å². The van der Waals surface area contributed by atoms with E-state index < -0.39 is 0 Å². The van der Waals surface area contributed by atoms with Crippen molar-refractivity contribution in [1.82, 2.24) is 15.0 Å². The summed E-state index contributed by atoms with van der Waals surface area (Å²) in [7, 11) is 0. The molecule has 0 aliphatic rings. The summed E-state index contributed by atoms with van der Waals surface area (Å²) in [6.07, 6.45) is 3.22. The number of rotatable bonds is 2. The molecule has 0 spiro atoms. The zero-order chi connectivity index (χ0) is 13.2. The summed E-state index contributed by atoms with van der Waals surface area (Å²) in [5.41, 5.74) is 2.86. The molecule has 0 radical (unpaired) electrons. The van der Waals surface area contributed by atoms with Gasteiger partial charge in [-0.15, -0.1) is 0 Å². The van der Waals surface area contributed by atoms with Crippen molar-refractivity contribution in [2.45, 2.75) is 6.92 Å². The summed E-state index contributed by atoms with van der Waals surface area (Å²) in [5.74, 6) is 0.728. The molecular weight excluding hydrogens is 304 g/mol. The average Bonchev–Trinajstić information content (AvgIpc) is 2.42. The summed E-state index contributed by atoms with van der Waals surface area (Å²) in [6, 6.07) is 10.1. The van der Waals surface area contributed by atoms with Gasteiger partial charge in [-0.25, -0.2) is 9.97 Å². The van der Waals surface area contributed by atoms with Gasteiger partial charge in [-0.2, -0.15) is 0 Å². The zero-order valence-corrected chi connectivity index (χ0v) is 11.8.